The van der Waals surface area contributed by atoms with Crippen molar-refractivity contribution in [1.29, 1.82) is 0 Å². The maximum absolute atomic E-state index is 13.8. The van der Waals surface area contributed by atoms with Crippen LogP contribution in [0.25, 0.3) is 6.08 Å². The molecule has 3 aliphatic rings. The molecule has 0 saturated carbocycles. The Labute approximate surface area is 214 Å². The number of imide groups is 1. The van der Waals surface area contributed by atoms with Gasteiger partial charge in [-0.05, 0) is 23.8 Å². The molecule has 3 aromatic rings. The van der Waals surface area contributed by atoms with E-state index < -0.39 is 58.7 Å². The van der Waals surface area contributed by atoms with Crippen LogP contribution >= 0.6 is 0 Å². The van der Waals surface area contributed by atoms with Gasteiger partial charge in [-0.2, -0.15) is 13.2 Å². The molecular formula is C29H18F3NO5. The number of carbonyl (C=O) groups is 4. The third-order valence-corrected chi connectivity index (χ3v) is 7.27. The largest absolute Gasteiger partial charge is 0.416 e. The fourth-order valence-corrected chi connectivity index (χ4v) is 5.59. The number of amides is 2. The monoisotopic (exact) mass is 517 g/mol. The van der Waals surface area contributed by atoms with Gasteiger partial charge in [0.15, 0.2) is 0 Å². The zero-order chi connectivity index (χ0) is 26.8. The van der Waals surface area contributed by atoms with Crippen molar-refractivity contribution >= 4 is 35.1 Å². The van der Waals surface area contributed by atoms with Crippen molar-refractivity contribution in [1.82, 2.24) is 0 Å². The molecule has 6 nitrogen and oxygen atoms in total. The first-order chi connectivity index (χ1) is 18.1. The van der Waals surface area contributed by atoms with Crippen LogP contribution in [0.15, 0.2) is 84.9 Å². The van der Waals surface area contributed by atoms with Crippen LogP contribution in [0.3, 0.4) is 0 Å². The van der Waals surface area contributed by atoms with Gasteiger partial charge in [0.1, 0.15) is 0 Å². The standard InChI is InChI=1S/C29H18F3NO5/c30-29(31,32)17-9-6-10-18(15-17)33-26(36)22-21(14-13-16-7-2-1-3-8-16)38-28(23(22)27(33)37)24(34)19-11-4-5-12-20(19)25(28)35/h1-15,21-23H/b14-13+. The minimum atomic E-state index is -4.71. The van der Waals surface area contributed by atoms with E-state index in [9.17, 15) is 32.3 Å². The van der Waals surface area contributed by atoms with Crippen molar-refractivity contribution in [2.24, 2.45) is 11.8 Å². The van der Waals surface area contributed by atoms with Crippen LogP contribution in [-0.4, -0.2) is 35.1 Å². The molecule has 2 fully saturated rings. The molecule has 3 atom stereocenters. The van der Waals surface area contributed by atoms with Crippen molar-refractivity contribution in [3.8, 4) is 0 Å². The van der Waals surface area contributed by atoms with E-state index in [1.807, 2.05) is 6.07 Å². The lowest BCUT2D eigenvalue weighted by molar-refractivity contribution is -0.137. The maximum atomic E-state index is 13.8. The van der Waals surface area contributed by atoms with Crippen LogP contribution in [0, 0.1) is 11.8 Å². The highest BCUT2D eigenvalue weighted by Gasteiger charge is 2.74. The normalized spacial score (nSPS) is 24.1. The third kappa shape index (κ3) is 3.31. The first kappa shape index (κ1) is 24.0. The van der Waals surface area contributed by atoms with Crippen LogP contribution in [0.4, 0.5) is 18.9 Å². The van der Waals surface area contributed by atoms with Gasteiger partial charge in [-0.25, -0.2) is 4.90 Å². The van der Waals surface area contributed by atoms with Gasteiger partial charge in [0, 0.05) is 11.1 Å². The van der Waals surface area contributed by atoms with Crippen LogP contribution < -0.4 is 4.90 Å². The number of anilines is 1. The summed E-state index contributed by atoms with van der Waals surface area (Å²) < 4.78 is 46.2. The molecule has 1 spiro atoms. The highest BCUT2D eigenvalue weighted by Crippen LogP contribution is 2.53. The van der Waals surface area contributed by atoms with Crippen molar-refractivity contribution in [3.05, 3.63) is 107 Å². The first-order valence-electron chi connectivity index (χ1n) is 11.8. The first-order valence-corrected chi connectivity index (χ1v) is 11.8. The molecule has 9 heteroatoms. The Morgan fingerprint density at radius 1 is 0.789 bits per heavy atom. The predicted molar refractivity (Wildman–Crippen MR) is 129 cm³/mol. The van der Waals surface area contributed by atoms with Gasteiger partial charge in [-0.1, -0.05) is 72.8 Å². The number of halogens is 3. The highest BCUT2D eigenvalue weighted by atomic mass is 19.4. The van der Waals surface area contributed by atoms with E-state index in [1.165, 1.54) is 24.3 Å². The quantitative estimate of drug-likeness (QED) is 0.370. The van der Waals surface area contributed by atoms with Gasteiger partial charge >= 0.3 is 6.18 Å². The molecule has 2 saturated heterocycles. The Hall–Kier alpha value is -4.37. The van der Waals surface area contributed by atoms with E-state index in [4.69, 9.17) is 4.74 Å². The van der Waals surface area contributed by atoms with E-state index in [0.717, 1.165) is 17.7 Å². The minimum absolute atomic E-state index is 0.0710. The van der Waals surface area contributed by atoms with Crippen LogP contribution in [0.1, 0.15) is 31.8 Å². The van der Waals surface area contributed by atoms with E-state index >= 15 is 0 Å². The number of hydrogen-bond donors (Lipinski definition) is 0. The Morgan fingerprint density at radius 2 is 1.42 bits per heavy atom. The summed E-state index contributed by atoms with van der Waals surface area (Å²) in [5, 5.41) is 0. The lowest BCUT2D eigenvalue weighted by Gasteiger charge is -2.26. The minimum Gasteiger partial charge on any atom is -0.350 e. The number of nitrogens with zero attached hydrogens (tertiary/aromatic N) is 1. The molecular weight excluding hydrogens is 499 g/mol. The molecule has 0 radical (unpaired) electrons. The van der Waals surface area contributed by atoms with Gasteiger partial charge in [-0.15, -0.1) is 0 Å². The summed E-state index contributed by atoms with van der Waals surface area (Å²) in [4.78, 5) is 55.5. The SMILES string of the molecule is O=C1C2C(/C=C/c3ccccc3)OC3(C(=O)c4ccccc4C3=O)C2C(=O)N1c1cccc(C(F)(F)F)c1. The zero-order valence-electron chi connectivity index (χ0n) is 19.5. The van der Waals surface area contributed by atoms with Crippen molar-refractivity contribution < 1.29 is 37.1 Å². The molecule has 38 heavy (non-hydrogen) atoms. The highest BCUT2D eigenvalue weighted by molar-refractivity contribution is 6.37. The Bertz CT molecular complexity index is 1510. The second-order valence-electron chi connectivity index (χ2n) is 9.36. The number of alkyl halides is 3. The van der Waals surface area contributed by atoms with Crippen molar-refractivity contribution in [2.45, 2.75) is 17.9 Å². The van der Waals surface area contributed by atoms with E-state index in [0.29, 0.717) is 11.0 Å². The summed E-state index contributed by atoms with van der Waals surface area (Å²) in [7, 11) is 0. The number of fused-ring (bicyclic) bond motifs is 3. The lowest BCUT2D eigenvalue weighted by atomic mass is 9.78. The number of Topliss-reactive ketones (excluding diaryl/α,β-unsaturated/α-hetero) is 2. The Morgan fingerprint density at radius 3 is 2.05 bits per heavy atom. The van der Waals surface area contributed by atoms with Crippen LogP contribution in [-0.2, 0) is 20.5 Å². The number of ketones is 2. The van der Waals surface area contributed by atoms with E-state index in [1.54, 1.807) is 42.5 Å². The number of ether oxygens (including phenoxy) is 1. The molecule has 2 heterocycles. The summed E-state index contributed by atoms with van der Waals surface area (Å²) in [6.45, 7) is 0. The second kappa shape index (κ2) is 8.32. The molecule has 6 rings (SSSR count). The average molecular weight is 517 g/mol. The van der Waals surface area contributed by atoms with Crippen molar-refractivity contribution in [2.75, 3.05) is 4.90 Å². The third-order valence-electron chi connectivity index (χ3n) is 7.27. The molecule has 0 aromatic heterocycles. The van der Waals surface area contributed by atoms with Gasteiger partial charge in [-0.3, -0.25) is 19.2 Å². The maximum Gasteiger partial charge on any atom is 0.416 e. The summed E-state index contributed by atoms with van der Waals surface area (Å²) in [6.07, 6.45) is -2.72. The summed E-state index contributed by atoms with van der Waals surface area (Å²) in [6, 6.07) is 18.8. The summed E-state index contributed by atoms with van der Waals surface area (Å²) in [5.41, 5.74) is -2.74. The van der Waals surface area contributed by atoms with E-state index in [2.05, 4.69) is 0 Å². The molecule has 0 N–H and O–H groups in total. The molecule has 1 aliphatic carbocycles. The van der Waals surface area contributed by atoms with Gasteiger partial charge in [0.2, 0.25) is 29.0 Å². The van der Waals surface area contributed by atoms with Crippen LogP contribution in [0.5, 0.6) is 0 Å². The molecule has 2 aliphatic heterocycles. The molecule has 3 unspecified atom stereocenters. The smallest absolute Gasteiger partial charge is 0.350 e. The fraction of sp³-hybridized carbons (Fsp3) is 0.172. The summed E-state index contributed by atoms with van der Waals surface area (Å²) >= 11 is 0. The molecule has 0 bridgehead atoms. The molecule has 190 valence electrons. The Kier molecular flexibility index (Phi) is 5.26. The lowest BCUT2D eigenvalue weighted by Crippen LogP contribution is -2.51. The molecule has 3 aromatic carbocycles. The second-order valence-corrected chi connectivity index (χ2v) is 9.36. The van der Waals surface area contributed by atoms with Gasteiger partial charge in [0.25, 0.3) is 0 Å². The van der Waals surface area contributed by atoms with Crippen LogP contribution in [0.2, 0.25) is 0 Å². The Balaban J connectivity index is 1.48. The van der Waals surface area contributed by atoms with Crippen molar-refractivity contribution in [3.63, 3.8) is 0 Å². The fourth-order valence-electron chi connectivity index (χ4n) is 5.59. The van der Waals surface area contributed by atoms with E-state index in [-0.39, 0.29) is 16.8 Å². The number of hydrogen-bond acceptors (Lipinski definition) is 5. The average Bonchev–Trinajstić information content (AvgIpc) is 3.47. The summed E-state index contributed by atoms with van der Waals surface area (Å²) in [5.74, 6) is -6.10. The topological polar surface area (TPSA) is 80.8 Å². The number of carbonyl (C=O) groups excluding carboxylic acids is 4. The number of benzene rings is 3. The number of rotatable bonds is 3. The zero-order valence-corrected chi connectivity index (χ0v) is 19.5. The van der Waals surface area contributed by atoms with Gasteiger partial charge < -0.3 is 4.74 Å². The molecule has 2 amide bonds. The van der Waals surface area contributed by atoms with Gasteiger partial charge in [0.05, 0.1) is 29.2 Å². The predicted octanol–water partition coefficient (Wildman–Crippen LogP) is 4.74.